The second-order valence-corrected chi connectivity index (χ2v) is 7.09. The highest BCUT2D eigenvalue weighted by molar-refractivity contribution is 7.15. The molecular weight excluding hydrogens is 422 g/mol. The first kappa shape index (κ1) is 19.8. The zero-order valence-corrected chi connectivity index (χ0v) is 15.7. The van der Waals surface area contributed by atoms with Gasteiger partial charge in [-0.25, -0.2) is 9.37 Å². The highest BCUT2D eigenvalue weighted by atomic mass is 32.1. The summed E-state index contributed by atoms with van der Waals surface area (Å²) in [6.45, 7) is 0. The number of benzene rings is 2. The number of aromatic nitrogens is 2. The molecule has 0 aliphatic rings. The number of anilines is 1. The molecule has 1 amide bonds. The number of nitrogens with zero attached hydrogens (tertiary/aromatic N) is 2. The maximum absolute atomic E-state index is 13.2. The molecule has 0 bridgehead atoms. The number of fused-ring (bicyclic) bond motifs is 1. The van der Waals surface area contributed by atoms with Crippen LogP contribution in [0.1, 0.15) is 15.9 Å². The maximum Gasteiger partial charge on any atom is 0.416 e. The molecule has 152 valence electrons. The lowest BCUT2D eigenvalue weighted by Crippen LogP contribution is -2.26. The number of carbonyl (C=O) groups is 1. The Bertz CT molecular complexity index is 1310. The quantitative estimate of drug-likeness (QED) is 0.471. The van der Waals surface area contributed by atoms with Crippen molar-refractivity contribution in [2.24, 2.45) is 0 Å². The van der Waals surface area contributed by atoms with E-state index in [1.54, 1.807) is 5.38 Å². The number of nitrogens with one attached hydrogen (secondary N) is 1. The van der Waals surface area contributed by atoms with Gasteiger partial charge in [0.2, 0.25) is 0 Å². The first-order valence-electron chi connectivity index (χ1n) is 8.48. The predicted molar refractivity (Wildman–Crippen MR) is 104 cm³/mol. The maximum atomic E-state index is 13.2. The van der Waals surface area contributed by atoms with Gasteiger partial charge < -0.3 is 5.32 Å². The summed E-state index contributed by atoms with van der Waals surface area (Å²) >= 11 is 1.16. The van der Waals surface area contributed by atoms with Crippen LogP contribution in [0.2, 0.25) is 0 Å². The number of amides is 1. The van der Waals surface area contributed by atoms with Gasteiger partial charge >= 0.3 is 6.18 Å². The number of thiazole rings is 1. The van der Waals surface area contributed by atoms with E-state index in [2.05, 4.69) is 10.3 Å². The van der Waals surface area contributed by atoms with Crippen molar-refractivity contribution in [3.8, 4) is 11.3 Å². The summed E-state index contributed by atoms with van der Waals surface area (Å²) in [6.07, 6.45) is -3.49. The normalized spacial score (nSPS) is 11.6. The van der Waals surface area contributed by atoms with Crippen molar-refractivity contribution in [1.29, 1.82) is 0 Å². The second-order valence-electron chi connectivity index (χ2n) is 6.26. The van der Waals surface area contributed by atoms with Gasteiger partial charge in [-0.1, -0.05) is 6.07 Å². The molecule has 5 nitrogen and oxygen atoms in total. The van der Waals surface area contributed by atoms with Gasteiger partial charge in [0.1, 0.15) is 11.4 Å². The van der Waals surface area contributed by atoms with Gasteiger partial charge in [-0.05, 0) is 48.0 Å². The summed E-state index contributed by atoms with van der Waals surface area (Å²) in [5.41, 5.74) is -1.11. The van der Waals surface area contributed by atoms with E-state index in [9.17, 15) is 27.2 Å². The minimum absolute atomic E-state index is 0.108. The molecule has 4 rings (SSSR count). The van der Waals surface area contributed by atoms with Crippen LogP contribution >= 0.6 is 11.3 Å². The Kier molecular flexibility index (Phi) is 4.86. The van der Waals surface area contributed by atoms with Crippen LogP contribution in [-0.4, -0.2) is 15.3 Å². The summed E-state index contributed by atoms with van der Waals surface area (Å²) in [7, 11) is 0. The molecule has 0 atom stereocenters. The van der Waals surface area contributed by atoms with Gasteiger partial charge in [0.05, 0.1) is 11.3 Å². The molecule has 0 aliphatic carbocycles. The lowest BCUT2D eigenvalue weighted by Gasteiger charge is -2.10. The van der Waals surface area contributed by atoms with E-state index < -0.39 is 29.0 Å². The van der Waals surface area contributed by atoms with Crippen molar-refractivity contribution in [2.75, 3.05) is 5.32 Å². The molecule has 30 heavy (non-hydrogen) atoms. The number of rotatable bonds is 3. The highest BCUT2D eigenvalue weighted by Crippen LogP contribution is 2.30. The van der Waals surface area contributed by atoms with Crippen molar-refractivity contribution < 1.29 is 22.4 Å². The van der Waals surface area contributed by atoms with E-state index in [0.29, 0.717) is 16.2 Å². The molecule has 0 fully saturated rings. The summed E-state index contributed by atoms with van der Waals surface area (Å²) in [4.78, 5) is 29.9. The van der Waals surface area contributed by atoms with E-state index >= 15 is 0 Å². The third kappa shape index (κ3) is 3.69. The first-order chi connectivity index (χ1) is 14.2. The summed E-state index contributed by atoms with van der Waals surface area (Å²) < 4.78 is 53.0. The molecule has 2 heterocycles. The Morgan fingerprint density at radius 1 is 1.10 bits per heavy atom. The van der Waals surface area contributed by atoms with Crippen LogP contribution in [0.5, 0.6) is 0 Å². The summed E-state index contributed by atoms with van der Waals surface area (Å²) in [5.74, 6) is -1.33. The van der Waals surface area contributed by atoms with Crippen molar-refractivity contribution in [2.45, 2.75) is 6.18 Å². The minimum Gasteiger partial charge on any atom is -0.322 e. The van der Waals surface area contributed by atoms with Gasteiger partial charge in [-0.15, -0.1) is 11.3 Å². The Morgan fingerprint density at radius 3 is 2.53 bits per heavy atom. The van der Waals surface area contributed by atoms with Crippen LogP contribution < -0.4 is 10.9 Å². The first-order valence-corrected chi connectivity index (χ1v) is 9.36. The van der Waals surface area contributed by atoms with Crippen LogP contribution in [0.4, 0.5) is 23.2 Å². The lowest BCUT2D eigenvalue weighted by atomic mass is 10.1. The smallest absolute Gasteiger partial charge is 0.322 e. The zero-order chi connectivity index (χ0) is 21.5. The third-order valence-corrected chi connectivity index (χ3v) is 5.12. The number of hydrogen-bond acceptors (Lipinski definition) is 4. The Morgan fingerprint density at radius 2 is 1.83 bits per heavy atom. The Labute approximate surface area is 170 Å². The number of carbonyl (C=O) groups excluding carboxylic acids is 1. The molecule has 1 N–H and O–H groups in total. The number of halogens is 4. The monoisotopic (exact) mass is 433 g/mol. The lowest BCUT2D eigenvalue weighted by molar-refractivity contribution is -0.137. The Balaban J connectivity index is 1.72. The molecule has 2 aromatic heterocycles. The Hall–Kier alpha value is -3.53. The van der Waals surface area contributed by atoms with E-state index in [4.69, 9.17) is 0 Å². The fraction of sp³-hybridized carbons (Fsp3) is 0.0500. The van der Waals surface area contributed by atoms with Gasteiger partial charge in [0.15, 0.2) is 4.96 Å². The van der Waals surface area contributed by atoms with E-state index in [0.717, 1.165) is 35.7 Å². The minimum atomic E-state index is -4.57. The van der Waals surface area contributed by atoms with Gasteiger partial charge in [-0.3, -0.25) is 14.0 Å². The zero-order valence-electron chi connectivity index (χ0n) is 14.9. The van der Waals surface area contributed by atoms with Crippen molar-refractivity contribution >= 4 is 27.9 Å². The van der Waals surface area contributed by atoms with Crippen LogP contribution in [0.15, 0.2) is 64.9 Å². The third-order valence-electron chi connectivity index (χ3n) is 4.28. The average molecular weight is 433 g/mol. The van der Waals surface area contributed by atoms with E-state index in [-0.39, 0.29) is 11.3 Å². The largest absolute Gasteiger partial charge is 0.416 e. The molecule has 0 saturated carbocycles. The van der Waals surface area contributed by atoms with Crippen molar-refractivity contribution in [3.05, 3.63) is 87.4 Å². The molecule has 0 aliphatic heterocycles. The summed E-state index contributed by atoms with van der Waals surface area (Å²) in [5, 5.41) is 3.94. The molecule has 0 unspecified atom stereocenters. The average Bonchev–Trinajstić information content (AvgIpc) is 3.13. The topological polar surface area (TPSA) is 63.5 Å². The summed E-state index contributed by atoms with van der Waals surface area (Å²) in [6, 6.07) is 9.53. The molecule has 0 radical (unpaired) electrons. The van der Waals surface area contributed by atoms with Gasteiger partial charge in [-0.2, -0.15) is 13.2 Å². The second kappa shape index (κ2) is 7.38. The molecular formula is C20H11F4N3O2S. The highest BCUT2D eigenvalue weighted by Gasteiger charge is 2.30. The molecule has 2 aromatic carbocycles. The number of alkyl halides is 3. The molecule has 10 heteroatoms. The van der Waals surface area contributed by atoms with Crippen LogP contribution in [0.25, 0.3) is 16.2 Å². The molecule has 4 aromatic rings. The number of hydrogen-bond donors (Lipinski definition) is 1. The van der Waals surface area contributed by atoms with Crippen LogP contribution in [0, 0.1) is 5.82 Å². The van der Waals surface area contributed by atoms with Crippen LogP contribution in [0.3, 0.4) is 0 Å². The molecule has 0 spiro atoms. The standard InChI is InChI=1S/C20H11F4N3O2S/c21-13-6-4-11(5-7-13)16-10-30-19-25-9-15(18(29)27(16)19)17(28)26-14-3-1-2-12(8-14)20(22,23)24/h1-10H,(H,26,28). The van der Waals surface area contributed by atoms with Gasteiger partial charge in [0, 0.05) is 17.3 Å². The fourth-order valence-electron chi connectivity index (χ4n) is 2.84. The SMILES string of the molecule is O=C(Nc1cccc(C(F)(F)F)c1)c1cnc2scc(-c3ccc(F)cc3)n2c1=O. The van der Waals surface area contributed by atoms with Crippen molar-refractivity contribution in [1.82, 2.24) is 9.38 Å². The van der Waals surface area contributed by atoms with Crippen LogP contribution in [-0.2, 0) is 6.18 Å². The van der Waals surface area contributed by atoms with Gasteiger partial charge in [0.25, 0.3) is 11.5 Å². The molecule has 0 saturated heterocycles. The van der Waals surface area contributed by atoms with Crippen molar-refractivity contribution in [3.63, 3.8) is 0 Å². The van der Waals surface area contributed by atoms with E-state index in [1.165, 1.54) is 34.7 Å². The van der Waals surface area contributed by atoms with E-state index in [1.807, 2.05) is 0 Å². The fourth-order valence-corrected chi connectivity index (χ4v) is 3.70. The predicted octanol–water partition coefficient (Wildman–Crippen LogP) is 4.83.